The second-order valence-electron chi connectivity index (χ2n) is 5.40. The molecule has 2 aromatic carbocycles. The number of benzene rings is 2. The van der Waals surface area contributed by atoms with Crippen LogP contribution in [-0.2, 0) is 9.53 Å². The Labute approximate surface area is 141 Å². The zero-order valence-corrected chi connectivity index (χ0v) is 14.0. The molecule has 0 aromatic heterocycles. The van der Waals surface area contributed by atoms with Crippen LogP contribution in [0, 0.1) is 5.92 Å². The van der Waals surface area contributed by atoms with Gasteiger partial charge in [0.2, 0.25) is 0 Å². The Morgan fingerprint density at radius 3 is 2.12 bits per heavy atom. The molecule has 1 amide bonds. The summed E-state index contributed by atoms with van der Waals surface area (Å²) in [6.07, 6.45) is 0. The predicted octanol–water partition coefficient (Wildman–Crippen LogP) is 2.98. The van der Waals surface area contributed by atoms with E-state index < -0.39 is 12.0 Å². The molecule has 5 heteroatoms. The summed E-state index contributed by atoms with van der Waals surface area (Å²) in [5, 5.41) is 2.92. The van der Waals surface area contributed by atoms with Gasteiger partial charge in [-0.25, -0.2) is 0 Å². The van der Waals surface area contributed by atoms with Crippen LogP contribution in [0.2, 0.25) is 0 Å². The molecule has 0 aliphatic heterocycles. The Morgan fingerprint density at radius 1 is 0.958 bits per heavy atom. The highest BCUT2D eigenvalue weighted by Gasteiger charge is 2.28. The second-order valence-corrected chi connectivity index (χ2v) is 5.40. The van der Waals surface area contributed by atoms with E-state index in [1.54, 1.807) is 38.3 Å². The molecule has 0 bridgehead atoms. The first-order valence-corrected chi connectivity index (χ1v) is 7.64. The Morgan fingerprint density at radius 2 is 1.58 bits per heavy atom. The van der Waals surface area contributed by atoms with Crippen LogP contribution in [0.3, 0.4) is 0 Å². The van der Waals surface area contributed by atoms with Gasteiger partial charge in [0.05, 0.1) is 26.2 Å². The minimum Gasteiger partial charge on any atom is -0.497 e. The van der Waals surface area contributed by atoms with E-state index in [1.807, 2.05) is 30.3 Å². The van der Waals surface area contributed by atoms with Crippen LogP contribution in [0.15, 0.2) is 54.6 Å². The topological polar surface area (TPSA) is 64.6 Å². The molecule has 0 saturated heterocycles. The van der Waals surface area contributed by atoms with Gasteiger partial charge < -0.3 is 14.8 Å². The minimum atomic E-state index is -0.514. The molecule has 0 spiro atoms. The number of rotatable bonds is 6. The number of hydrogen-bond donors (Lipinski definition) is 1. The molecule has 1 N–H and O–H groups in total. The average Bonchev–Trinajstić information content (AvgIpc) is 2.65. The van der Waals surface area contributed by atoms with Crippen LogP contribution in [0.1, 0.15) is 28.9 Å². The minimum absolute atomic E-state index is 0.262. The predicted molar refractivity (Wildman–Crippen MR) is 90.8 cm³/mol. The molecule has 5 nitrogen and oxygen atoms in total. The first-order chi connectivity index (χ1) is 11.6. The number of hydrogen-bond acceptors (Lipinski definition) is 4. The molecule has 0 saturated carbocycles. The maximum absolute atomic E-state index is 12.5. The summed E-state index contributed by atoms with van der Waals surface area (Å²) >= 11 is 0. The average molecular weight is 327 g/mol. The van der Waals surface area contributed by atoms with Crippen molar-refractivity contribution in [2.24, 2.45) is 5.92 Å². The van der Waals surface area contributed by atoms with Crippen LogP contribution in [0.4, 0.5) is 0 Å². The van der Waals surface area contributed by atoms with Crippen molar-refractivity contribution in [2.75, 3.05) is 14.2 Å². The molecule has 24 heavy (non-hydrogen) atoms. The van der Waals surface area contributed by atoms with E-state index >= 15 is 0 Å². The fourth-order valence-electron chi connectivity index (χ4n) is 2.45. The van der Waals surface area contributed by atoms with Crippen molar-refractivity contribution < 1.29 is 19.1 Å². The standard InChI is InChI=1S/C19H21NO4/c1-13(19(22)24-3)17(14-7-5-4-6-8-14)20-18(21)15-9-11-16(23-2)12-10-15/h4-13,17H,1-3H3,(H,20,21)/t13-,17+/m0/s1. The third-order valence-electron chi connectivity index (χ3n) is 3.87. The number of carbonyl (C=O) groups excluding carboxylic acids is 2. The van der Waals surface area contributed by atoms with Crippen molar-refractivity contribution in [1.29, 1.82) is 0 Å². The van der Waals surface area contributed by atoms with Crippen molar-refractivity contribution >= 4 is 11.9 Å². The number of methoxy groups -OCH3 is 2. The quantitative estimate of drug-likeness (QED) is 0.829. The number of nitrogens with one attached hydrogen (secondary N) is 1. The van der Waals surface area contributed by atoms with Gasteiger partial charge in [-0.05, 0) is 36.8 Å². The van der Waals surface area contributed by atoms with Crippen molar-refractivity contribution in [3.05, 3.63) is 65.7 Å². The summed E-state index contributed by atoms with van der Waals surface area (Å²) in [6.45, 7) is 1.73. The number of carbonyl (C=O) groups is 2. The Kier molecular flexibility index (Phi) is 5.95. The van der Waals surface area contributed by atoms with Gasteiger partial charge in [-0.15, -0.1) is 0 Å². The van der Waals surface area contributed by atoms with Gasteiger partial charge in [0.15, 0.2) is 0 Å². The third-order valence-corrected chi connectivity index (χ3v) is 3.87. The van der Waals surface area contributed by atoms with Crippen LogP contribution in [0.25, 0.3) is 0 Å². The molecule has 0 fully saturated rings. The second kappa shape index (κ2) is 8.15. The molecule has 0 aliphatic rings. The lowest BCUT2D eigenvalue weighted by Gasteiger charge is -2.24. The molecule has 2 rings (SSSR count). The van der Waals surface area contributed by atoms with Crippen molar-refractivity contribution in [3.8, 4) is 5.75 Å². The fraction of sp³-hybridized carbons (Fsp3) is 0.263. The van der Waals surface area contributed by atoms with E-state index in [1.165, 1.54) is 7.11 Å². The fourth-order valence-corrected chi connectivity index (χ4v) is 2.45. The number of amides is 1. The molecule has 0 heterocycles. The van der Waals surface area contributed by atoms with Gasteiger partial charge in [0.25, 0.3) is 5.91 Å². The zero-order valence-electron chi connectivity index (χ0n) is 14.0. The largest absolute Gasteiger partial charge is 0.497 e. The molecule has 0 radical (unpaired) electrons. The lowest BCUT2D eigenvalue weighted by atomic mass is 9.94. The summed E-state index contributed by atoms with van der Waals surface area (Å²) < 4.78 is 9.92. The maximum atomic E-state index is 12.5. The Balaban J connectivity index is 2.23. The van der Waals surface area contributed by atoms with Gasteiger partial charge in [-0.1, -0.05) is 30.3 Å². The maximum Gasteiger partial charge on any atom is 0.310 e. The normalized spacial score (nSPS) is 12.8. The molecule has 0 unspecified atom stereocenters. The first-order valence-electron chi connectivity index (χ1n) is 7.64. The van der Waals surface area contributed by atoms with Crippen LogP contribution < -0.4 is 10.1 Å². The van der Waals surface area contributed by atoms with Crippen LogP contribution >= 0.6 is 0 Å². The van der Waals surface area contributed by atoms with Crippen LogP contribution in [0.5, 0.6) is 5.75 Å². The number of esters is 1. The third kappa shape index (κ3) is 4.13. The molecular formula is C19H21NO4. The van der Waals surface area contributed by atoms with Crippen molar-refractivity contribution in [1.82, 2.24) is 5.32 Å². The lowest BCUT2D eigenvalue weighted by molar-refractivity contribution is -0.145. The number of ether oxygens (including phenoxy) is 2. The summed E-state index contributed by atoms with van der Waals surface area (Å²) in [5.74, 6) is -0.477. The Hall–Kier alpha value is -2.82. The summed E-state index contributed by atoms with van der Waals surface area (Å²) in [5.41, 5.74) is 1.34. The van der Waals surface area contributed by atoms with E-state index in [0.717, 1.165) is 5.56 Å². The molecule has 126 valence electrons. The summed E-state index contributed by atoms with van der Waals surface area (Å²) in [4.78, 5) is 24.5. The first kappa shape index (κ1) is 17.5. The van der Waals surface area contributed by atoms with Gasteiger partial charge in [0.1, 0.15) is 5.75 Å². The van der Waals surface area contributed by atoms with E-state index in [4.69, 9.17) is 9.47 Å². The smallest absolute Gasteiger partial charge is 0.310 e. The van der Waals surface area contributed by atoms with Crippen molar-refractivity contribution in [2.45, 2.75) is 13.0 Å². The van der Waals surface area contributed by atoms with E-state index in [0.29, 0.717) is 11.3 Å². The molecule has 2 atom stereocenters. The van der Waals surface area contributed by atoms with Gasteiger partial charge in [-0.3, -0.25) is 9.59 Å². The van der Waals surface area contributed by atoms with E-state index in [-0.39, 0.29) is 11.9 Å². The SMILES string of the molecule is COC(=O)[C@@H](C)[C@@H](NC(=O)c1ccc(OC)cc1)c1ccccc1. The summed E-state index contributed by atoms with van der Waals surface area (Å²) in [7, 11) is 2.91. The highest BCUT2D eigenvalue weighted by Crippen LogP contribution is 2.24. The highest BCUT2D eigenvalue weighted by molar-refractivity contribution is 5.95. The monoisotopic (exact) mass is 327 g/mol. The van der Waals surface area contributed by atoms with E-state index in [2.05, 4.69) is 5.32 Å². The summed E-state index contributed by atoms with van der Waals surface area (Å²) in [6, 6.07) is 15.7. The van der Waals surface area contributed by atoms with E-state index in [9.17, 15) is 9.59 Å². The van der Waals surface area contributed by atoms with Gasteiger partial charge in [0, 0.05) is 5.56 Å². The molecule has 0 aliphatic carbocycles. The highest BCUT2D eigenvalue weighted by atomic mass is 16.5. The van der Waals surface area contributed by atoms with Gasteiger partial charge in [-0.2, -0.15) is 0 Å². The van der Waals surface area contributed by atoms with Crippen molar-refractivity contribution in [3.63, 3.8) is 0 Å². The lowest BCUT2D eigenvalue weighted by Crippen LogP contribution is -2.36. The Bertz CT molecular complexity index is 682. The molecular weight excluding hydrogens is 306 g/mol. The van der Waals surface area contributed by atoms with Crippen LogP contribution in [-0.4, -0.2) is 26.1 Å². The van der Waals surface area contributed by atoms with Gasteiger partial charge >= 0.3 is 5.97 Å². The zero-order chi connectivity index (χ0) is 17.5. The molecule has 2 aromatic rings.